The van der Waals surface area contributed by atoms with Crippen molar-refractivity contribution in [3.05, 3.63) is 74.6 Å². The van der Waals surface area contributed by atoms with Gasteiger partial charge in [-0.05, 0) is 65.6 Å². The largest absolute Gasteiger partial charge is 0.506 e. The van der Waals surface area contributed by atoms with Gasteiger partial charge < -0.3 is 40.9 Å². The minimum absolute atomic E-state index is 0.00584. The third-order valence-electron chi connectivity index (χ3n) is 6.89. The number of H-pyrrole nitrogens is 1. The summed E-state index contributed by atoms with van der Waals surface area (Å²) in [5.41, 5.74) is 6.49. The van der Waals surface area contributed by atoms with E-state index in [4.69, 9.17) is 20.4 Å². The number of aromatic nitrogens is 1. The molecule has 2 aromatic carbocycles. The average molecular weight is 543 g/mol. The summed E-state index contributed by atoms with van der Waals surface area (Å²) < 4.78 is 0. The normalized spacial score (nSPS) is 15.2. The molecule has 1 aliphatic rings. The number of hydrogen-bond acceptors (Lipinski definition) is 8. The fraction of sp³-hybridized carbons (Fsp3) is 0.393. The van der Waals surface area contributed by atoms with E-state index in [2.05, 4.69) is 36.3 Å². The summed E-state index contributed by atoms with van der Waals surface area (Å²) in [5.74, 6) is -3.53. The lowest BCUT2D eigenvalue weighted by molar-refractivity contribution is -0.165. The summed E-state index contributed by atoms with van der Waals surface area (Å²) in [6, 6.07) is 11.3. The van der Waals surface area contributed by atoms with Crippen molar-refractivity contribution in [3.63, 3.8) is 0 Å². The molecule has 39 heavy (non-hydrogen) atoms. The summed E-state index contributed by atoms with van der Waals surface area (Å²) in [4.78, 5) is 33.8. The van der Waals surface area contributed by atoms with Crippen LogP contribution in [0.5, 0.6) is 5.75 Å². The summed E-state index contributed by atoms with van der Waals surface area (Å²) in [7, 11) is 0. The van der Waals surface area contributed by atoms with Crippen LogP contribution in [0.15, 0.2) is 41.2 Å². The zero-order valence-corrected chi connectivity index (χ0v) is 21.7. The lowest BCUT2D eigenvalue weighted by Crippen LogP contribution is -2.39. The average Bonchev–Trinajstić information content (AvgIpc) is 3.32. The number of phenolic OH excluding ortho intramolecular Hbond substituents is 1. The number of benzene rings is 2. The van der Waals surface area contributed by atoms with E-state index in [0.29, 0.717) is 29.1 Å². The number of aliphatic hydroxyl groups is 3. The van der Waals surface area contributed by atoms with E-state index in [1.165, 1.54) is 34.4 Å². The lowest BCUT2D eigenvalue weighted by Gasteiger charge is -2.18. The number of aromatic amines is 1. The first kappa shape index (κ1) is 29.8. The van der Waals surface area contributed by atoms with Gasteiger partial charge in [-0.3, -0.25) is 4.79 Å². The predicted molar refractivity (Wildman–Crippen MR) is 143 cm³/mol. The fourth-order valence-electron chi connectivity index (χ4n) is 4.79. The van der Waals surface area contributed by atoms with Crippen molar-refractivity contribution in [3.8, 4) is 5.75 Å². The Labute approximate surface area is 224 Å². The SMILES string of the molecule is CCc1cc2c(cc1CC)CC(NCC(O)c1ccc(O)c3[nH]c(=O)ccc13)C2.O=C(O)C(O)C(O)C(=O)O. The van der Waals surface area contributed by atoms with Gasteiger partial charge in [-0.2, -0.15) is 0 Å². The molecule has 3 atom stereocenters. The van der Waals surface area contributed by atoms with Crippen molar-refractivity contribution < 1.29 is 40.2 Å². The number of aliphatic hydroxyl groups excluding tert-OH is 3. The number of fused-ring (bicyclic) bond motifs is 2. The van der Waals surface area contributed by atoms with Gasteiger partial charge in [0.1, 0.15) is 5.75 Å². The topological polar surface area (TPSA) is 200 Å². The van der Waals surface area contributed by atoms with Crippen molar-refractivity contribution in [1.82, 2.24) is 10.3 Å². The number of aryl methyl sites for hydroxylation is 2. The number of aromatic hydroxyl groups is 1. The Hall–Kier alpha value is -3.77. The molecule has 0 aliphatic heterocycles. The Morgan fingerprint density at radius 2 is 1.46 bits per heavy atom. The van der Waals surface area contributed by atoms with E-state index in [0.717, 1.165) is 25.7 Å². The molecule has 11 nitrogen and oxygen atoms in total. The van der Waals surface area contributed by atoms with Crippen molar-refractivity contribution in [2.45, 2.75) is 63.9 Å². The Morgan fingerprint density at radius 3 is 1.95 bits per heavy atom. The van der Waals surface area contributed by atoms with Crippen LogP contribution in [0.25, 0.3) is 10.9 Å². The van der Waals surface area contributed by atoms with Crippen LogP contribution in [0.3, 0.4) is 0 Å². The molecule has 1 aliphatic carbocycles. The predicted octanol–water partition coefficient (Wildman–Crippen LogP) is 1.03. The molecule has 4 rings (SSSR count). The molecule has 0 bridgehead atoms. The molecular weight excluding hydrogens is 508 g/mol. The molecule has 11 heteroatoms. The van der Waals surface area contributed by atoms with Crippen LogP contribution in [0.1, 0.15) is 47.8 Å². The maximum atomic E-state index is 11.6. The molecular formula is C28H34N2O9. The van der Waals surface area contributed by atoms with Crippen LogP contribution < -0.4 is 10.9 Å². The van der Waals surface area contributed by atoms with E-state index < -0.39 is 30.3 Å². The lowest BCUT2D eigenvalue weighted by atomic mass is 9.97. The summed E-state index contributed by atoms with van der Waals surface area (Å²) in [5, 5.41) is 57.5. The number of phenols is 1. The molecule has 3 unspecified atom stereocenters. The van der Waals surface area contributed by atoms with E-state index in [1.54, 1.807) is 12.1 Å². The molecule has 0 saturated carbocycles. The molecule has 0 fully saturated rings. The molecule has 0 saturated heterocycles. The van der Waals surface area contributed by atoms with Crippen molar-refractivity contribution >= 4 is 22.8 Å². The van der Waals surface area contributed by atoms with Crippen LogP contribution in [0.4, 0.5) is 0 Å². The van der Waals surface area contributed by atoms with E-state index in [1.807, 2.05) is 0 Å². The molecule has 1 aromatic heterocycles. The van der Waals surface area contributed by atoms with Crippen molar-refractivity contribution in [2.75, 3.05) is 6.54 Å². The smallest absolute Gasteiger partial charge is 0.335 e. The van der Waals surface area contributed by atoms with Crippen LogP contribution in [0, 0.1) is 0 Å². The number of pyridine rings is 1. The van der Waals surface area contributed by atoms with Gasteiger partial charge in [-0.15, -0.1) is 0 Å². The van der Waals surface area contributed by atoms with Gasteiger partial charge in [0.25, 0.3) is 0 Å². The maximum absolute atomic E-state index is 11.6. The zero-order valence-electron chi connectivity index (χ0n) is 21.7. The second-order valence-electron chi connectivity index (χ2n) is 9.48. The Kier molecular flexibility index (Phi) is 9.81. The number of aliphatic carboxylic acids is 2. The van der Waals surface area contributed by atoms with Crippen molar-refractivity contribution in [1.29, 1.82) is 0 Å². The molecule has 0 spiro atoms. The molecule has 0 radical (unpaired) electrons. The number of nitrogens with one attached hydrogen (secondary N) is 2. The molecule has 8 N–H and O–H groups in total. The third kappa shape index (κ3) is 7.01. The monoisotopic (exact) mass is 542 g/mol. The Bertz CT molecular complexity index is 1350. The van der Waals surface area contributed by atoms with E-state index in [-0.39, 0.29) is 11.3 Å². The number of carboxylic acids is 2. The van der Waals surface area contributed by atoms with Crippen LogP contribution in [-0.4, -0.2) is 72.4 Å². The first-order valence-electron chi connectivity index (χ1n) is 12.7. The van der Waals surface area contributed by atoms with E-state index >= 15 is 0 Å². The van der Waals surface area contributed by atoms with Gasteiger partial charge in [0.15, 0.2) is 12.2 Å². The highest BCUT2D eigenvalue weighted by atomic mass is 16.4. The molecule has 1 heterocycles. The van der Waals surface area contributed by atoms with Crippen LogP contribution in [0.2, 0.25) is 0 Å². The summed E-state index contributed by atoms with van der Waals surface area (Å²) >= 11 is 0. The Morgan fingerprint density at radius 1 is 0.923 bits per heavy atom. The second kappa shape index (κ2) is 12.9. The van der Waals surface area contributed by atoms with Gasteiger partial charge in [-0.25, -0.2) is 9.59 Å². The third-order valence-corrected chi connectivity index (χ3v) is 6.89. The van der Waals surface area contributed by atoms with Gasteiger partial charge in [0.05, 0.1) is 11.6 Å². The quantitative estimate of drug-likeness (QED) is 0.193. The first-order chi connectivity index (χ1) is 18.5. The number of carboxylic acid groups (broad SMARTS) is 2. The number of rotatable bonds is 9. The zero-order chi connectivity index (χ0) is 28.9. The van der Waals surface area contributed by atoms with Crippen LogP contribution in [-0.2, 0) is 35.3 Å². The maximum Gasteiger partial charge on any atom is 0.335 e. The highest BCUT2D eigenvalue weighted by molar-refractivity contribution is 5.87. The van der Waals surface area contributed by atoms with Crippen molar-refractivity contribution in [2.24, 2.45) is 0 Å². The molecule has 3 aromatic rings. The number of hydrogen-bond donors (Lipinski definition) is 8. The van der Waals surface area contributed by atoms with Gasteiger partial charge in [0, 0.05) is 24.0 Å². The summed E-state index contributed by atoms with van der Waals surface area (Å²) in [6.45, 7) is 4.83. The standard InChI is InChI=1S/C24H28N2O3.C4H6O6/c1-3-14-9-16-11-18(12-17(16)10-15(14)4-2)25-13-22(28)19-5-7-21(27)24-20(19)6-8-23(29)26-24;5-1(3(7)8)2(6)4(9)10/h5-10,18,22,25,27-28H,3-4,11-13H2,1-2H3,(H,26,29);1-2,5-6H,(H,7,8)(H,9,10). The molecule has 0 amide bonds. The van der Waals surface area contributed by atoms with Gasteiger partial charge >= 0.3 is 11.9 Å². The van der Waals surface area contributed by atoms with Gasteiger partial charge in [-0.1, -0.05) is 32.0 Å². The number of carbonyl (C=O) groups is 2. The minimum atomic E-state index is -2.27. The fourth-order valence-corrected chi connectivity index (χ4v) is 4.79. The first-order valence-corrected chi connectivity index (χ1v) is 12.7. The highest BCUT2D eigenvalue weighted by Crippen LogP contribution is 2.30. The highest BCUT2D eigenvalue weighted by Gasteiger charge is 2.29. The minimum Gasteiger partial charge on any atom is -0.506 e. The Balaban J connectivity index is 0.000000360. The van der Waals surface area contributed by atoms with E-state index in [9.17, 15) is 24.6 Å². The summed E-state index contributed by atoms with van der Waals surface area (Å²) in [6.07, 6.45) is -1.20. The molecule has 210 valence electrons. The van der Waals surface area contributed by atoms with Crippen LogP contribution >= 0.6 is 0 Å². The second-order valence-corrected chi connectivity index (χ2v) is 9.48. The van der Waals surface area contributed by atoms with Gasteiger partial charge in [0.2, 0.25) is 5.56 Å².